The lowest BCUT2D eigenvalue weighted by Crippen LogP contribution is -2.40. The summed E-state index contributed by atoms with van der Waals surface area (Å²) in [5, 5.41) is 19.3. The van der Waals surface area contributed by atoms with E-state index in [1.807, 2.05) is 0 Å². The van der Waals surface area contributed by atoms with Crippen LogP contribution in [-0.2, 0) is 19.1 Å². The number of hydrogen-bond donors (Lipinski definition) is 2. The molecule has 2 N–H and O–H groups in total. The van der Waals surface area contributed by atoms with Gasteiger partial charge in [0.2, 0.25) is 0 Å². The van der Waals surface area contributed by atoms with E-state index in [4.69, 9.17) is 0 Å². The molecule has 1 aromatic rings. The molecule has 0 aliphatic heterocycles. The second-order valence-electron chi connectivity index (χ2n) is 3.98. The third kappa shape index (κ3) is 4.10. The second kappa shape index (κ2) is 7.13. The van der Waals surface area contributed by atoms with E-state index >= 15 is 0 Å². The highest BCUT2D eigenvalue weighted by molar-refractivity contribution is 6.01. The molecule has 0 fully saturated rings. The molecule has 8 heteroatoms. The van der Waals surface area contributed by atoms with Gasteiger partial charge in [0.1, 0.15) is 30.2 Å². The molecule has 0 aliphatic rings. The van der Waals surface area contributed by atoms with Crippen molar-refractivity contribution in [1.29, 1.82) is 0 Å². The van der Waals surface area contributed by atoms with Crippen LogP contribution < -0.4 is 0 Å². The molecule has 1 rings (SSSR count). The van der Waals surface area contributed by atoms with Crippen LogP contribution in [0.5, 0.6) is 11.5 Å². The Morgan fingerprint density at radius 1 is 1.00 bits per heavy atom. The first kappa shape index (κ1) is 16.3. The summed E-state index contributed by atoms with van der Waals surface area (Å²) in [6.45, 7) is -1.06. The standard InChI is InChI=1S/C13H15NO7/c1-20-10(17)6-14(7-11(18)21-2)13(19)12-8(15)4-3-5-9(12)16/h3-5,15-16H,6-7H2,1-2H3. The highest BCUT2D eigenvalue weighted by Crippen LogP contribution is 2.27. The number of nitrogens with zero attached hydrogens (tertiary/aromatic N) is 1. The van der Waals surface area contributed by atoms with Crippen molar-refractivity contribution >= 4 is 17.8 Å². The van der Waals surface area contributed by atoms with Gasteiger partial charge in [-0.25, -0.2) is 0 Å². The first-order chi connectivity index (χ1) is 9.90. The van der Waals surface area contributed by atoms with Gasteiger partial charge < -0.3 is 24.6 Å². The van der Waals surface area contributed by atoms with Gasteiger partial charge in [-0.1, -0.05) is 6.07 Å². The Morgan fingerprint density at radius 3 is 1.81 bits per heavy atom. The van der Waals surface area contributed by atoms with E-state index < -0.39 is 48.0 Å². The lowest BCUT2D eigenvalue weighted by molar-refractivity contribution is -0.144. The number of benzene rings is 1. The largest absolute Gasteiger partial charge is 0.507 e. The van der Waals surface area contributed by atoms with Crippen LogP contribution in [0, 0.1) is 0 Å². The molecule has 0 saturated carbocycles. The minimum atomic E-state index is -0.901. The fourth-order valence-corrected chi connectivity index (χ4v) is 1.55. The average molecular weight is 297 g/mol. The van der Waals surface area contributed by atoms with Crippen LogP contribution in [0.4, 0.5) is 0 Å². The van der Waals surface area contributed by atoms with Crippen LogP contribution >= 0.6 is 0 Å². The number of carbonyl (C=O) groups is 3. The summed E-state index contributed by atoms with van der Waals surface area (Å²) in [6, 6.07) is 3.73. The summed E-state index contributed by atoms with van der Waals surface area (Å²) in [5.74, 6) is -3.37. The number of phenolic OH excluding ortho intramolecular Hbond substituents is 2. The van der Waals surface area contributed by atoms with E-state index in [2.05, 4.69) is 9.47 Å². The maximum Gasteiger partial charge on any atom is 0.325 e. The zero-order valence-corrected chi connectivity index (χ0v) is 11.5. The van der Waals surface area contributed by atoms with Crippen molar-refractivity contribution in [1.82, 2.24) is 4.90 Å². The second-order valence-corrected chi connectivity index (χ2v) is 3.98. The number of rotatable bonds is 5. The molecule has 0 atom stereocenters. The van der Waals surface area contributed by atoms with Gasteiger partial charge in [0.15, 0.2) is 0 Å². The molecule has 1 aromatic carbocycles. The molecule has 0 aromatic heterocycles. The van der Waals surface area contributed by atoms with Gasteiger partial charge in [0, 0.05) is 0 Å². The number of amides is 1. The average Bonchev–Trinajstić information content (AvgIpc) is 2.45. The maximum absolute atomic E-state index is 12.3. The van der Waals surface area contributed by atoms with Crippen molar-refractivity contribution in [2.45, 2.75) is 0 Å². The Hall–Kier alpha value is -2.77. The van der Waals surface area contributed by atoms with Crippen molar-refractivity contribution in [3.63, 3.8) is 0 Å². The zero-order valence-electron chi connectivity index (χ0n) is 11.5. The van der Waals surface area contributed by atoms with Gasteiger partial charge in [-0.05, 0) is 12.1 Å². The normalized spacial score (nSPS) is 9.81. The van der Waals surface area contributed by atoms with E-state index in [1.165, 1.54) is 18.2 Å². The number of aromatic hydroxyl groups is 2. The summed E-state index contributed by atoms with van der Waals surface area (Å²) in [4.78, 5) is 35.7. The fraction of sp³-hybridized carbons (Fsp3) is 0.308. The number of phenols is 2. The fourth-order valence-electron chi connectivity index (χ4n) is 1.55. The van der Waals surface area contributed by atoms with Crippen LogP contribution in [0.3, 0.4) is 0 Å². The first-order valence-electron chi connectivity index (χ1n) is 5.84. The van der Waals surface area contributed by atoms with Crippen LogP contribution in [0.25, 0.3) is 0 Å². The number of carbonyl (C=O) groups excluding carboxylic acids is 3. The molecule has 0 radical (unpaired) electrons. The van der Waals surface area contributed by atoms with E-state index in [0.717, 1.165) is 19.1 Å². The zero-order chi connectivity index (χ0) is 16.0. The SMILES string of the molecule is COC(=O)CN(CC(=O)OC)C(=O)c1c(O)cccc1O. The molecule has 0 aliphatic carbocycles. The molecular weight excluding hydrogens is 282 g/mol. The van der Waals surface area contributed by atoms with E-state index in [-0.39, 0.29) is 0 Å². The molecular formula is C13H15NO7. The number of esters is 2. The minimum Gasteiger partial charge on any atom is -0.507 e. The molecule has 8 nitrogen and oxygen atoms in total. The van der Waals surface area contributed by atoms with E-state index in [1.54, 1.807) is 0 Å². The quantitative estimate of drug-likeness (QED) is 0.729. The predicted molar refractivity (Wildman–Crippen MR) is 69.7 cm³/mol. The summed E-state index contributed by atoms with van der Waals surface area (Å²) in [6.07, 6.45) is 0. The monoisotopic (exact) mass is 297 g/mol. The van der Waals surface area contributed by atoms with Crippen LogP contribution in [0.2, 0.25) is 0 Å². The topological polar surface area (TPSA) is 113 Å². The van der Waals surface area contributed by atoms with Crippen LogP contribution in [-0.4, -0.2) is 60.3 Å². The van der Waals surface area contributed by atoms with Crippen molar-refractivity contribution in [2.75, 3.05) is 27.3 Å². The van der Waals surface area contributed by atoms with Gasteiger partial charge >= 0.3 is 11.9 Å². The summed E-state index contributed by atoms with van der Waals surface area (Å²) in [5.41, 5.74) is -0.412. The van der Waals surface area contributed by atoms with Gasteiger partial charge in [0.05, 0.1) is 14.2 Å². The Kier molecular flexibility index (Phi) is 5.53. The molecule has 0 spiro atoms. The molecule has 114 valence electrons. The molecule has 0 saturated heterocycles. The Labute approximate surface area is 120 Å². The third-order valence-electron chi connectivity index (χ3n) is 2.62. The Balaban J connectivity index is 3.09. The first-order valence-corrected chi connectivity index (χ1v) is 5.84. The van der Waals surface area contributed by atoms with E-state index in [0.29, 0.717) is 0 Å². The summed E-state index contributed by atoms with van der Waals surface area (Å²) < 4.78 is 8.86. The number of hydrogen-bond acceptors (Lipinski definition) is 7. The van der Waals surface area contributed by atoms with Crippen LogP contribution in [0.15, 0.2) is 18.2 Å². The smallest absolute Gasteiger partial charge is 0.325 e. The van der Waals surface area contributed by atoms with Gasteiger partial charge in [-0.3, -0.25) is 14.4 Å². The number of methoxy groups -OCH3 is 2. The van der Waals surface area contributed by atoms with Crippen molar-refractivity contribution in [3.8, 4) is 11.5 Å². The number of ether oxygens (including phenoxy) is 2. The molecule has 0 bridgehead atoms. The summed E-state index contributed by atoms with van der Waals surface area (Å²) in [7, 11) is 2.25. The highest BCUT2D eigenvalue weighted by atomic mass is 16.5. The van der Waals surface area contributed by atoms with Crippen molar-refractivity contribution < 1.29 is 34.1 Å². The minimum absolute atomic E-state index is 0.412. The predicted octanol–water partition coefficient (Wildman–Crippen LogP) is -0.114. The lowest BCUT2D eigenvalue weighted by atomic mass is 10.1. The lowest BCUT2D eigenvalue weighted by Gasteiger charge is -2.21. The Bertz CT molecular complexity index is 517. The molecule has 21 heavy (non-hydrogen) atoms. The molecule has 0 heterocycles. The van der Waals surface area contributed by atoms with Crippen molar-refractivity contribution in [3.05, 3.63) is 23.8 Å². The molecule has 0 unspecified atom stereocenters. The van der Waals surface area contributed by atoms with Crippen LogP contribution in [0.1, 0.15) is 10.4 Å². The van der Waals surface area contributed by atoms with Gasteiger partial charge in [-0.15, -0.1) is 0 Å². The van der Waals surface area contributed by atoms with Gasteiger partial charge in [0.25, 0.3) is 5.91 Å². The van der Waals surface area contributed by atoms with Crippen molar-refractivity contribution in [2.24, 2.45) is 0 Å². The third-order valence-corrected chi connectivity index (χ3v) is 2.62. The summed E-state index contributed by atoms with van der Waals surface area (Å²) >= 11 is 0. The Morgan fingerprint density at radius 2 is 1.43 bits per heavy atom. The highest BCUT2D eigenvalue weighted by Gasteiger charge is 2.26. The molecule has 1 amide bonds. The maximum atomic E-state index is 12.3. The van der Waals surface area contributed by atoms with Gasteiger partial charge in [-0.2, -0.15) is 0 Å². The van der Waals surface area contributed by atoms with E-state index in [9.17, 15) is 24.6 Å².